The van der Waals surface area contributed by atoms with E-state index in [9.17, 15) is 4.79 Å². The molecule has 0 spiro atoms. The molecule has 0 radical (unpaired) electrons. The van der Waals surface area contributed by atoms with Gasteiger partial charge in [0.2, 0.25) is 5.91 Å². The van der Waals surface area contributed by atoms with Gasteiger partial charge in [-0.2, -0.15) is 0 Å². The van der Waals surface area contributed by atoms with E-state index in [4.69, 9.17) is 0 Å². The zero-order valence-electron chi connectivity index (χ0n) is 13.0. The Balaban J connectivity index is 2.21. The van der Waals surface area contributed by atoms with Crippen molar-refractivity contribution in [3.8, 4) is 0 Å². The van der Waals surface area contributed by atoms with Gasteiger partial charge in [0.25, 0.3) is 0 Å². The van der Waals surface area contributed by atoms with E-state index in [0.717, 1.165) is 19.6 Å². The van der Waals surface area contributed by atoms with Crippen LogP contribution < -0.4 is 5.32 Å². The molecule has 1 amide bonds. The summed E-state index contributed by atoms with van der Waals surface area (Å²) in [6.07, 6.45) is 2.48. The smallest absolute Gasteiger partial charge is 0.236 e. The maximum Gasteiger partial charge on any atom is 0.236 e. The van der Waals surface area contributed by atoms with Crippen molar-refractivity contribution in [2.45, 2.75) is 25.8 Å². The predicted octanol–water partition coefficient (Wildman–Crippen LogP) is 0.0803. The summed E-state index contributed by atoms with van der Waals surface area (Å²) in [6.45, 7) is 7.45. The van der Waals surface area contributed by atoms with E-state index in [-0.39, 0.29) is 5.91 Å². The highest BCUT2D eigenvalue weighted by molar-refractivity contribution is 5.77. The minimum absolute atomic E-state index is 0.179. The summed E-state index contributed by atoms with van der Waals surface area (Å²) in [4.78, 5) is 18.4. The molecule has 1 fully saturated rings. The Morgan fingerprint density at radius 3 is 2.47 bits per heavy atom. The van der Waals surface area contributed by atoms with Gasteiger partial charge in [0, 0.05) is 26.2 Å². The predicted molar refractivity (Wildman–Crippen MR) is 79.3 cm³/mol. The summed E-state index contributed by atoms with van der Waals surface area (Å²) in [5, 5.41) is 3.07. The molecule has 0 aliphatic carbocycles. The van der Waals surface area contributed by atoms with E-state index in [1.54, 1.807) is 0 Å². The topological polar surface area (TPSA) is 38.8 Å². The first-order valence-corrected chi connectivity index (χ1v) is 7.38. The van der Waals surface area contributed by atoms with E-state index in [2.05, 4.69) is 29.2 Å². The second-order valence-corrected chi connectivity index (χ2v) is 5.61. The molecule has 0 unspecified atom stereocenters. The summed E-state index contributed by atoms with van der Waals surface area (Å²) < 4.78 is 0. The first-order chi connectivity index (χ1) is 9.04. The molecule has 1 saturated heterocycles. The lowest BCUT2D eigenvalue weighted by molar-refractivity contribution is -0.129. The number of rotatable bonds is 7. The summed E-state index contributed by atoms with van der Waals surface area (Å²) in [7, 11) is 6.25. The SMILES string of the molecule is CCNCC(=O)N(C)CCN(C)C1CCN(C)CC1. The fourth-order valence-corrected chi connectivity index (χ4v) is 2.42. The van der Waals surface area contributed by atoms with Crippen LogP contribution in [0.5, 0.6) is 0 Å². The third-order valence-electron chi connectivity index (χ3n) is 4.05. The van der Waals surface area contributed by atoms with Crippen LogP contribution in [0, 0.1) is 0 Å². The van der Waals surface area contributed by atoms with Crippen LogP contribution in [0.2, 0.25) is 0 Å². The van der Waals surface area contributed by atoms with Gasteiger partial charge < -0.3 is 20.0 Å². The maximum absolute atomic E-state index is 11.8. The number of hydrogen-bond acceptors (Lipinski definition) is 4. The lowest BCUT2D eigenvalue weighted by Gasteiger charge is -2.35. The van der Waals surface area contributed by atoms with Crippen molar-refractivity contribution in [1.29, 1.82) is 0 Å². The van der Waals surface area contributed by atoms with Crippen LogP contribution >= 0.6 is 0 Å². The quantitative estimate of drug-likeness (QED) is 0.711. The molecule has 0 aromatic carbocycles. The molecule has 1 heterocycles. The molecule has 112 valence electrons. The normalized spacial score (nSPS) is 17.9. The minimum atomic E-state index is 0.179. The molecule has 0 atom stereocenters. The highest BCUT2D eigenvalue weighted by atomic mass is 16.2. The highest BCUT2D eigenvalue weighted by Crippen LogP contribution is 2.13. The molecule has 5 heteroatoms. The van der Waals surface area contributed by atoms with Crippen molar-refractivity contribution in [2.24, 2.45) is 0 Å². The number of likely N-dealkylation sites (N-methyl/N-ethyl adjacent to an activating group) is 3. The van der Waals surface area contributed by atoms with Gasteiger partial charge in [-0.15, -0.1) is 0 Å². The number of carbonyl (C=O) groups excluding carboxylic acids is 1. The lowest BCUT2D eigenvalue weighted by atomic mass is 10.0. The van der Waals surface area contributed by atoms with Crippen molar-refractivity contribution in [3.63, 3.8) is 0 Å². The summed E-state index contributed by atoms with van der Waals surface area (Å²) in [5.74, 6) is 0.179. The maximum atomic E-state index is 11.8. The summed E-state index contributed by atoms with van der Waals surface area (Å²) in [6, 6.07) is 0.675. The fraction of sp³-hybridized carbons (Fsp3) is 0.929. The van der Waals surface area contributed by atoms with Crippen LogP contribution in [0.4, 0.5) is 0 Å². The second-order valence-electron chi connectivity index (χ2n) is 5.61. The monoisotopic (exact) mass is 270 g/mol. The summed E-state index contributed by atoms with van der Waals surface area (Å²) >= 11 is 0. The van der Waals surface area contributed by atoms with Crippen molar-refractivity contribution < 1.29 is 4.79 Å². The van der Waals surface area contributed by atoms with Gasteiger partial charge in [-0.05, 0) is 46.6 Å². The molecule has 0 saturated carbocycles. The van der Waals surface area contributed by atoms with Gasteiger partial charge in [0.05, 0.1) is 6.54 Å². The van der Waals surface area contributed by atoms with E-state index < -0.39 is 0 Å². The van der Waals surface area contributed by atoms with Crippen molar-refractivity contribution in [3.05, 3.63) is 0 Å². The number of nitrogens with zero attached hydrogens (tertiary/aromatic N) is 3. The van der Waals surface area contributed by atoms with Crippen LogP contribution in [-0.2, 0) is 4.79 Å². The molecular weight excluding hydrogens is 240 g/mol. The Morgan fingerprint density at radius 1 is 1.26 bits per heavy atom. The van der Waals surface area contributed by atoms with Gasteiger partial charge in [-0.1, -0.05) is 6.92 Å². The molecule has 0 aromatic heterocycles. The van der Waals surface area contributed by atoms with Crippen LogP contribution in [0.1, 0.15) is 19.8 Å². The third-order valence-corrected chi connectivity index (χ3v) is 4.05. The zero-order chi connectivity index (χ0) is 14.3. The zero-order valence-corrected chi connectivity index (χ0v) is 13.0. The van der Waals surface area contributed by atoms with Gasteiger partial charge in [-0.25, -0.2) is 0 Å². The number of hydrogen-bond donors (Lipinski definition) is 1. The van der Waals surface area contributed by atoms with Gasteiger partial charge in [-0.3, -0.25) is 4.79 Å². The minimum Gasteiger partial charge on any atom is -0.343 e. The Hall–Kier alpha value is -0.650. The Kier molecular flexibility index (Phi) is 7.34. The van der Waals surface area contributed by atoms with Crippen LogP contribution in [0.15, 0.2) is 0 Å². The standard InChI is InChI=1S/C14H30N4O/c1-5-15-12-14(19)18(4)11-10-17(3)13-6-8-16(2)9-7-13/h13,15H,5-12H2,1-4H3. The molecule has 1 rings (SSSR count). The lowest BCUT2D eigenvalue weighted by Crippen LogP contribution is -2.45. The average molecular weight is 270 g/mol. The molecule has 1 N–H and O–H groups in total. The van der Waals surface area contributed by atoms with E-state index >= 15 is 0 Å². The first-order valence-electron chi connectivity index (χ1n) is 7.38. The second kappa shape index (κ2) is 8.51. The number of amides is 1. The largest absolute Gasteiger partial charge is 0.343 e. The molecule has 1 aliphatic rings. The molecule has 0 aromatic rings. The molecule has 0 bridgehead atoms. The van der Waals surface area contributed by atoms with Crippen LogP contribution in [-0.4, -0.2) is 87.1 Å². The van der Waals surface area contributed by atoms with Crippen molar-refractivity contribution in [1.82, 2.24) is 20.0 Å². The highest BCUT2D eigenvalue weighted by Gasteiger charge is 2.20. The van der Waals surface area contributed by atoms with Gasteiger partial charge in [0.15, 0.2) is 0 Å². The van der Waals surface area contributed by atoms with Crippen molar-refractivity contribution in [2.75, 3.05) is 60.4 Å². The number of carbonyl (C=O) groups is 1. The van der Waals surface area contributed by atoms with Gasteiger partial charge >= 0.3 is 0 Å². The Labute approximate surface area is 117 Å². The molecular formula is C14H30N4O. The van der Waals surface area contributed by atoms with Crippen LogP contribution in [0.3, 0.4) is 0 Å². The summed E-state index contributed by atoms with van der Waals surface area (Å²) in [5.41, 5.74) is 0. The fourth-order valence-electron chi connectivity index (χ4n) is 2.42. The van der Waals surface area contributed by atoms with Crippen LogP contribution in [0.25, 0.3) is 0 Å². The molecule has 1 aliphatic heterocycles. The van der Waals surface area contributed by atoms with E-state index in [1.165, 1.54) is 25.9 Å². The first kappa shape index (κ1) is 16.4. The Morgan fingerprint density at radius 2 is 1.89 bits per heavy atom. The van der Waals surface area contributed by atoms with E-state index in [1.807, 2.05) is 18.9 Å². The third kappa shape index (κ3) is 5.89. The average Bonchev–Trinajstić information content (AvgIpc) is 2.42. The number of nitrogens with one attached hydrogen (secondary N) is 1. The number of piperidine rings is 1. The Bertz CT molecular complexity index is 264. The number of likely N-dealkylation sites (tertiary alicyclic amines) is 1. The van der Waals surface area contributed by atoms with E-state index in [0.29, 0.717) is 12.6 Å². The molecule has 5 nitrogen and oxygen atoms in total. The van der Waals surface area contributed by atoms with Gasteiger partial charge in [0.1, 0.15) is 0 Å². The molecule has 19 heavy (non-hydrogen) atoms. The van der Waals surface area contributed by atoms with Crippen molar-refractivity contribution >= 4 is 5.91 Å².